The highest BCUT2D eigenvalue weighted by molar-refractivity contribution is 6.00. The molecular weight excluding hydrogens is 308 g/mol. The first kappa shape index (κ1) is 17.2. The smallest absolute Gasteiger partial charge is 0.334 e. The van der Waals surface area contributed by atoms with Crippen molar-refractivity contribution in [1.82, 2.24) is 0 Å². The Kier molecular flexibility index (Phi) is 5.65. The highest BCUT2D eigenvalue weighted by Crippen LogP contribution is 2.19. The third-order valence-corrected chi connectivity index (χ3v) is 3.33. The minimum Gasteiger partial charge on any atom is -0.478 e. The molecule has 0 spiro atoms. The summed E-state index contributed by atoms with van der Waals surface area (Å²) in [6.45, 7) is 0. The van der Waals surface area contributed by atoms with E-state index in [0.717, 1.165) is 0 Å². The summed E-state index contributed by atoms with van der Waals surface area (Å²) in [4.78, 5) is 23.0. The Bertz CT molecular complexity index is 708. The van der Waals surface area contributed by atoms with Gasteiger partial charge in [-0.05, 0) is 23.3 Å². The molecule has 2 aromatic rings. The lowest BCUT2D eigenvalue weighted by Gasteiger charge is -2.13. The predicted octanol–water partition coefficient (Wildman–Crippen LogP) is 2.68. The summed E-state index contributed by atoms with van der Waals surface area (Å²) in [6.07, 6.45) is 0.754. The first-order valence-electron chi connectivity index (χ1n) is 7.17. The van der Waals surface area contributed by atoms with Crippen LogP contribution in [0.4, 0.5) is 0 Å². The Morgan fingerprint density at radius 1 is 0.708 bits per heavy atom. The van der Waals surface area contributed by atoms with Gasteiger partial charge in [-0.3, -0.25) is 0 Å². The van der Waals surface area contributed by atoms with Crippen molar-refractivity contribution in [2.75, 3.05) is 0 Å². The van der Waals surface area contributed by atoms with E-state index in [0.29, 0.717) is 11.1 Å². The van der Waals surface area contributed by atoms with E-state index < -0.39 is 29.2 Å². The summed E-state index contributed by atoms with van der Waals surface area (Å²) >= 11 is 0. The molecule has 0 bridgehead atoms. The van der Waals surface area contributed by atoms with E-state index in [1.807, 2.05) is 0 Å². The maximum absolute atomic E-state index is 11.5. The second-order valence-electron chi connectivity index (χ2n) is 5.03. The fourth-order valence-corrected chi connectivity index (χ4v) is 2.14. The zero-order chi connectivity index (χ0) is 17.5. The molecule has 0 fully saturated rings. The van der Waals surface area contributed by atoms with Gasteiger partial charge in [-0.2, -0.15) is 0 Å². The van der Waals surface area contributed by atoms with Gasteiger partial charge in [-0.1, -0.05) is 60.7 Å². The van der Waals surface area contributed by atoms with Crippen LogP contribution < -0.4 is 0 Å². The van der Waals surface area contributed by atoms with Crippen molar-refractivity contribution in [3.05, 3.63) is 82.9 Å². The molecule has 0 aliphatic rings. The number of benzene rings is 2. The van der Waals surface area contributed by atoms with E-state index in [4.69, 9.17) is 0 Å². The summed E-state index contributed by atoms with van der Waals surface area (Å²) in [5.74, 6) is -2.77. The summed E-state index contributed by atoms with van der Waals surface area (Å²) in [5.41, 5.74) is 0.286. The first-order valence-corrected chi connectivity index (χ1v) is 7.17. The van der Waals surface area contributed by atoms with Crippen molar-refractivity contribution in [3.8, 4) is 0 Å². The molecule has 0 saturated carbocycles. The van der Waals surface area contributed by atoms with Crippen LogP contribution in [0, 0.1) is 0 Å². The number of carbonyl (C=O) groups is 2. The minimum absolute atomic E-state index is 0.411. The van der Waals surface area contributed by atoms with Gasteiger partial charge in [0.05, 0.1) is 11.1 Å². The third kappa shape index (κ3) is 4.41. The largest absolute Gasteiger partial charge is 0.478 e. The van der Waals surface area contributed by atoms with E-state index in [-0.39, 0.29) is 0 Å². The molecule has 0 saturated heterocycles. The molecule has 122 valence electrons. The Hall–Kier alpha value is -3.18. The molecule has 0 heterocycles. The lowest BCUT2D eigenvalue weighted by molar-refractivity contribution is -0.134. The van der Waals surface area contributed by atoms with Crippen molar-refractivity contribution in [2.45, 2.75) is 6.10 Å². The van der Waals surface area contributed by atoms with Crippen LogP contribution in [0.2, 0.25) is 0 Å². The van der Waals surface area contributed by atoms with Gasteiger partial charge in [-0.15, -0.1) is 0 Å². The maximum Gasteiger partial charge on any atom is 0.334 e. The molecule has 24 heavy (non-hydrogen) atoms. The Morgan fingerprint density at radius 3 is 1.33 bits per heavy atom. The summed E-state index contributed by atoms with van der Waals surface area (Å²) in [5, 5.41) is 29.0. The van der Waals surface area contributed by atoms with Gasteiger partial charge in [-0.25, -0.2) is 9.59 Å². The van der Waals surface area contributed by atoms with Crippen molar-refractivity contribution in [3.63, 3.8) is 0 Å². The molecule has 5 heteroatoms. The minimum atomic E-state index is -1.76. The Morgan fingerprint density at radius 2 is 1.04 bits per heavy atom. The fourth-order valence-electron chi connectivity index (χ4n) is 2.14. The average molecular weight is 324 g/mol. The Balaban J connectivity index is 2.45. The van der Waals surface area contributed by atoms with Gasteiger partial charge in [0.2, 0.25) is 0 Å². The molecule has 0 aromatic heterocycles. The van der Waals surface area contributed by atoms with Gasteiger partial charge >= 0.3 is 11.9 Å². The number of aliphatic hydroxyl groups excluding tert-OH is 1. The van der Waals surface area contributed by atoms with Crippen LogP contribution >= 0.6 is 0 Å². The molecule has 5 nitrogen and oxygen atoms in total. The summed E-state index contributed by atoms with van der Waals surface area (Å²) < 4.78 is 0. The number of carboxylic acid groups (broad SMARTS) is 2. The van der Waals surface area contributed by atoms with Crippen molar-refractivity contribution in [1.29, 1.82) is 0 Å². The topological polar surface area (TPSA) is 94.8 Å². The SMILES string of the molecule is O=C(O)/C(=C/c1ccccc1)C(O)/C(=C\c1ccccc1)C(=O)O. The highest BCUT2D eigenvalue weighted by Gasteiger charge is 2.26. The van der Waals surface area contributed by atoms with Crippen LogP contribution in [0.25, 0.3) is 12.2 Å². The molecule has 0 amide bonds. The lowest BCUT2D eigenvalue weighted by Crippen LogP contribution is -2.24. The quantitative estimate of drug-likeness (QED) is 0.710. The highest BCUT2D eigenvalue weighted by atomic mass is 16.4. The van der Waals surface area contributed by atoms with E-state index >= 15 is 0 Å². The summed E-state index contributed by atoms with van der Waals surface area (Å²) in [6, 6.07) is 17.1. The van der Waals surface area contributed by atoms with Crippen LogP contribution in [0.3, 0.4) is 0 Å². The second kappa shape index (κ2) is 7.89. The van der Waals surface area contributed by atoms with Crippen LogP contribution in [-0.4, -0.2) is 33.4 Å². The van der Waals surface area contributed by atoms with Gasteiger partial charge in [0.25, 0.3) is 0 Å². The molecule has 3 N–H and O–H groups in total. The molecule has 0 aliphatic carbocycles. The van der Waals surface area contributed by atoms with Gasteiger partial charge in [0.15, 0.2) is 0 Å². The number of aliphatic hydroxyl groups is 1. The van der Waals surface area contributed by atoms with Crippen LogP contribution in [0.15, 0.2) is 71.8 Å². The van der Waals surface area contributed by atoms with Crippen molar-refractivity contribution in [2.24, 2.45) is 0 Å². The number of rotatable bonds is 6. The standard InChI is InChI=1S/C19H16O5/c20-17(15(18(21)22)11-13-7-3-1-4-8-13)16(19(23)24)12-14-9-5-2-6-10-14/h1-12,17,20H,(H,21,22)(H,23,24)/b15-11+,16-12+. The van der Waals surface area contributed by atoms with Crippen molar-refractivity contribution < 1.29 is 24.9 Å². The van der Waals surface area contributed by atoms with E-state index in [1.165, 1.54) is 12.2 Å². The number of aliphatic carboxylic acids is 2. The normalized spacial score (nSPS) is 13.4. The second-order valence-corrected chi connectivity index (χ2v) is 5.03. The van der Waals surface area contributed by atoms with E-state index in [9.17, 15) is 24.9 Å². The number of hydrogen-bond acceptors (Lipinski definition) is 3. The van der Waals surface area contributed by atoms with E-state index in [1.54, 1.807) is 60.7 Å². The van der Waals surface area contributed by atoms with Crippen LogP contribution in [0.5, 0.6) is 0 Å². The molecule has 2 aromatic carbocycles. The average Bonchev–Trinajstić information content (AvgIpc) is 2.58. The molecular formula is C19H16O5. The molecule has 0 unspecified atom stereocenters. The third-order valence-electron chi connectivity index (χ3n) is 3.33. The fraction of sp³-hybridized carbons (Fsp3) is 0.0526. The van der Waals surface area contributed by atoms with Gasteiger partial charge in [0, 0.05) is 0 Å². The molecule has 2 rings (SSSR count). The maximum atomic E-state index is 11.5. The van der Waals surface area contributed by atoms with Crippen LogP contribution in [0.1, 0.15) is 11.1 Å². The molecule has 0 radical (unpaired) electrons. The number of carboxylic acids is 2. The molecule has 0 aliphatic heterocycles. The zero-order valence-electron chi connectivity index (χ0n) is 12.7. The first-order chi connectivity index (χ1) is 11.5. The lowest BCUT2D eigenvalue weighted by atomic mass is 9.97. The number of hydrogen-bond donors (Lipinski definition) is 3. The molecule has 0 atom stereocenters. The summed E-state index contributed by atoms with van der Waals surface area (Å²) in [7, 11) is 0. The van der Waals surface area contributed by atoms with E-state index in [2.05, 4.69) is 0 Å². The van der Waals surface area contributed by atoms with Crippen molar-refractivity contribution >= 4 is 24.1 Å². The zero-order valence-corrected chi connectivity index (χ0v) is 12.7. The van der Waals surface area contributed by atoms with Gasteiger partial charge in [0.1, 0.15) is 6.10 Å². The monoisotopic (exact) mass is 324 g/mol. The van der Waals surface area contributed by atoms with Crippen LogP contribution in [-0.2, 0) is 9.59 Å². The predicted molar refractivity (Wildman–Crippen MR) is 90.1 cm³/mol. The Labute approximate surface area is 138 Å². The van der Waals surface area contributed by atoms with Gasteiger partial charge < -0.3 is 15.3 Å².